The zero-order valence-corrected chi connectivity index (χ0v) is 12.9. The molecule has 1 aromatic carbocycles. The molecule has 1 heterocycles. The Labute approximate surface area is 128 Å². The Balaban J connectivity index is 2.51. The number of aromatic nitrogens is 1. The number of carbonyl (C=O) groups excluding carboxylic acids is 1. The average Bonchev–Trinajstić information content (AvgIpc) is 2.48. The lowest BCUT2D eigenvalue weighted by Gasteiger charge is -2.12. The molecule has 5 heteroatoms. The van der Waals surface area contributed by atoms with Gasteiger partial charge in [0.1, 0.15) is 5.75 Å². The second-order valence-electron chi connectivity index (χ2n) is 4.40. The first kappa shape index (κ1) is 15.3. The van der Waals surface area contributed by atoms with Crippen molar-refractivity contribution in [1.29, 1.82) is 0 Å². The third-order valence-electron chi connectivity index (χ3n) is 3.08. The lowest BCUT2D eigenvalue weighted by atomic mass is 10.0. The average molecular weight is 306 g/mol. The van der Waals surface area contributed by atoms with Crippen LogP contribution < -0.4 is 4.74 Å². The molecule has 21 heavy (non-hydrogen) atoms. The summed E-state index contributed by atoms with van der Waals surface area (Å²) in [7, 11) is 1.61. The highest BCUT2D eigenvalue weighted by Gasteiger charge is 2.18. The number of ether oxygens (including phenoxy) is 2. The molecule has 0 amide bonds. The van der Waals surface area contributed by atoms with E-state index in [1.807, 2.05) is 31.2 Å². The van der Waals surface area contributed by atoms with Crippen LogP contribution in [0.4, 0.5) is 0 Å². The maximum atomic E-state index is 11.9. The van der Waals surface area contributed by atoms with Crippen LogP contribution in [0.15, 0.2) is 30.5 Å². The van der Waals surface area contributed by atoms with Crippen molar-refractivity contribution < 1.29 is 14.3 Å². The van der Waals surface area contributed by atoms with Gasteiger partial charge in [0.25, 0.3) is 0 Å². The number of rotatable bonds is 4. The van der Waals surface area contributed by atoms with Gasteiger partial charge in [0.15, 0.2) is 0 Å². The second-order valence-corrected chi connectivity index (χ2v) is 4.77. The van der Waals surface area contributed by atoms with Crippen molar-refractivity contribution >= 4 is 17.6 Å². The Bertz CT molecular complexity index is 653. The van der Waals surface area contributed by atoms with Crippen LogP contribution in [0, 0.1) is 6.92 Å². The Kier molecular flexibility index (Phi) is 4.81. The molecular formula is C16H16ClNO3. The van der Waals surface area contributed by atoms with Crippen LogP contribution >= 0.6 is 11.6 Å². The quantitative estimate of drug-likeness (QED) is 0.804. The molecule has 0 aliphatic carbocycles. The molecule has 1 aromatic heterocycles. The van der Waals surface area contributed by atoms with E-state index in [1.54, 1.807) is 14.0 Å². The summed E-state index contributed by atoms with van der Waals surface area (Å²) in [6.45, 7) is 3.89. The largest absolute Gasteiger partial charge is 0.497 e. The predicted octanol–water partition coefficient (Wildman–Crippen LogP) is 3.90. The summed E-state index contributed by atoms with van der Waals surface area (Å²) in [5, 5.41) is 0.353. The van der Waals surface area contributed by atoms with Crippen LogP contribution in [0.5, 0.6) is 5.75 Å². The minimum absolute atomic E-state index is 0.273. The number of carbonyl (C=O) groups is 1. The van der Waals surface area contributed by atoms with Gasteiger partial charge in [-0.25, -0.2) is 4.79 Å². The zero-order chi connectivity index (χ0) is 15.4. The molecule has 0 N–H and O–H groups in total. The third-order valence-corrected chi connectivity index (χ3v) is 3.47. The molecule has 0 spiro atoms. The number of aryl methyl sites for hydroxylation is 1. The summed E-state index contributed by atoms with van der Waals surface area (Å²) < 4.78 is 10.1. The Morgan fingerprint density at radius 3 is 2.52 bits per heavy atom. The summed E-state index contributed by atoms with van der Waals surface area (Å²) in [6, 6.07) is 7.43. The minimum Gasteiger partial charge on any atom is -0.497 e. The minimum atomic E-state index is -0.468. The standard InChI is InChI=1S/C16H16ClNO3/c1-4-21-16(19)13-9-18-10(2)14(15(13)17)11-5-7-12(20-3)8-6-11/h5-9H,4H2,1-3H3. The first-order valence-corrected chi connectivity index (χ1v) is 6.93. The van der Waals surface area contributed by atoms with Crippen LogP contribution in [-0.2, 0) is 4.74 Å². The van der Waals surface area contributed by atoms with Gasteiger partial charge in [0.05, 0.1) is 24.3 Å². The molecule has 0 aliphatic rings. The molecule has 2 rings (SSSR count). The highest BCUT2D eigenvalue weighted by molar-refractivity contribution is 6.36. The molecule has 4 nitrogen and oxygen atoms in total. The SMILES string of the molecule is CCOC(=O)c1cnc(C)c(-c2ccc(OC)cc2)c1Cl. The fraction of sp³-hybridized carbons (Fsp3) is 0.250. The van der Waals surface area contributed by atoms with Crippen LogP contribution in [-0.4, -0.2) is 24.7 Å². The van der Waals surface area contributed by atoms with E-state index in [-0.39, 0.29) is 5.56 Å². The Morgan fingerprint density at radius 2 is 1.95 bits per heavy atom. The van der Waals surface area contributed by atoms with Gasteiger partial charge in [0.2, 0.25) is 0 Å². The maximum Gasteiger partial charge on any atom is 0.341 e. The Hall–Kier alpha value is -2.07. The predicted molar refractivity (Wildman–Crippen MR) is 81.9 cm³/mol. The molecule has 0 unspecified atom stereocenters. The van der Waals surface area contributed by atoms with Gasteiger partial charge in [-0.1, -0.05) is 23.7 Å². The van der Waals surface area contributed by atoms with Gasteiger partial charge in [-0.2, -0.15) is 0 Å². The van der Waals surface area contributed by atoms with E-state index in [2.05, 4.69) is 4.98 Å². The summed E-state index contributed by atoms with van der Waals surface area (Å²) in [5.41, 5.74) is 2.62. The molecule has 0 saturated carbocycles. The van der Waals surface area contributed by atoms with Crippen LogP contribution in [0.25, 0.3) is 11.1 Å². The van der Waals surface area contributed by atoms with E-state index in [0.717, 1.165) is 22.6 Å². The van der Waals surface area contributed by atoms with Crippen molar-refractivity contribution in [3.63, 3.8) is 0 Å². The lowest BCUT2D eigenvalue weighted by Crippen LogP contribution is -2.07. The number of benzene rings is 1. The van der Waals surface area contributed by atoms with Crippen molar-refractivity contribution in [2.45, 2.75) is 13.8 Å². The number of halogens is 1. The van der Waals surface area contributed by atoms with Crippen molar-refractivity contribution in [2.75, 3.05) is 13.7 Å². The fourth-order valence-electron chi connectivity index (χ4n) is 2.02. The number of hydrogen-bond acceptors (Lipinski definition) is 4. The van der Waals surface area contributed by atoms with Crippen molar-refractivity contribution in [1.82, 2.24) is 4.98 Å². The van der Waals surface area contributed by atoms with Crippen LogP contribution in [0.2, 0.25) is 5.02 Å². The smallest absolute Gasteiger partial charge is 0.341 e. The van der Waals surface area contributed by atoms with Crippen molar-refractivity contribution in [3.8, 4) is 16.9 Å². The van der Waals surface area contributed by atoms with Gasteiger partial charge in [0, 0.05) is 17.5 Å². The molecule has 2 aromatic rings. The fourth-order valence-corrected chi connectivity index (χ4v) is 2.39. The topological polar surface area (TPSA) is 48.4 Å². The van der Waals surface area contributed by atoms with Crippen LogP contribution in [0.1, 0.15) is 23.0 Å². The second kappa shape index (κ2) is 6.59. The molecule has 0 bridgehead atoms. The third kappa shape index (κ3) is 3.16. The summed E-state index contributed by atoms with van der Waals surface area (Å²) in [5.74, 6) is 0.284. The lowest BCUT2D eigenvalue weighted by molar-refractivity contribution is 0.0526. The van der Waals surface area contributed by atoms with Crippen molar-refractivity contribution in [3.05, 3.63) is 46.7 Å². The van der Waals surface area contributed by atoms with Crippen LogP contribution in [0.3, 0.4) is 0 Å². The highest BCUT2D eigenvalue weighted by Crippen LogP contribution is 2.33. The summed E-state index contributed by atoms with van der Waals surface area (Å²) in [4.78, 5) is 16.1. The van der Waals surface area contributed by atoms with Gasteiger partial charge >= 0.3 is 5.97 Å². The Morgan fingerprint density at radius 1 is 1.29 bits per heavy atom. The number of nitrogens with zero attached hydrogens (tertiary/aromatic N) is 1. The molecule has 0 fully saturated rings. The monoisotopic (exact) mass is 305 g/mol. The number of methoxy groups -OCH3 is 1. The molecule has 0 aliphatic heterocycles. The molecule has 0 atom stereocenters. The van der Waals surface area contributed by atoms with E-state index < -0.39 is 5.97 Å². The zero-order valence-electron chi connectivity index (χ0n) is 12.1. The molecule has 110 valence electrons. The number of pyridine rings is 1. The summed E-state index contributed by atoms with van der Waals surface area (Å²) >= 11 is 6.38. The highest BCUT2D eigenvalue weighted by atomic mass is 35.5. The van der Waals surface area contributed by atoms with Gasteiger partial charge < -0.3 is 9.47 Å². The number of hydrogen-bond donors (Lipinski definition) is 0. The maximum absolute atomic E-state index is 11.9. The molecular weight excluding hydrogens is 290 g/mol. The van der Waals surface area contributed by atoms with E-state index >= 15 is 0 Å². The normalized spacial score (nSPS) is 10.3. The van der Waals surface area contributed by atoms with Crippen molar-refractivity contribution in [2.24, 2.45) is 0 Å². The van der Waals surface area contributed by atoms with Gasteiger partial charge in [-0.05, 0) is 31.5 Å². The molecule has 0 radical (unpaired) electrons. The van der Waals surface area contributed by atoms with E-state index in [0.29, 0.717) is 11.6 Å². The molecule has 0 saturated heterocycles. The van der Waals surface area contributed by atoms with Gasteiger partial charge in [-0.15, -0.1) is 0 Å². The van der Waals surface area contributed by atoms with E-state index in [9.17, 15) is 4.79 Å². The van der Waals surface area contributed by atoms with E-state index in [4.69, 9.17) is 21.1 Å². The number of esters is 1. The first-order chi connectivity index (χ1) is 10.1. The van der Waals surface area contributed by atoms with E-state index in [1.165, 1.54) is 6.20 Å². The first-order valence-electron chi connectivity index (χ1n) is 6.55. The van der Waals surface area contributed by atoms with Gasteiger partial charge in [-0.3, -0.25) is 4.98 Å². The summed E-state index contributed by atoms with van der Waals surface area (Å²) in [6.07, 6.45) is 1.45.